The molecule has 2 heterocycles. The van der Waals surface area contributed by atoms with Gasteiger partial charge < -0.3 is 10.3 Å². The Kier molecular flexibility index (Phi) is 5.00. The van der Waals surface area contributed by atoms with Gasteiger partial charge in [0.25, 0.3) is 5.91 Å². The average molecular weight is 373 g/mol. The molecule has 0 spiro atoms. The molecule has 7 nitrogen and oxygen atoms in total. The predicted octanol–water partition coefficient (Wildman–Crippen LogP) is 2.76. The molecule has 3 rings (SSSR count). The van der Waals surface area contributed by atoms with E-state index in [2.05, 4.69) is 20.4 Å². The van der Waals surface area contributed by atoms with Crippen molar-refractivity contribution >= 4 is 17.5 Å². The Labute approximate surface area is 153 Å². The minimum atomic E-state index is -0.690. The number of aromatic nitrogens is 4. The van der Waals surface area contributed by atoms with Gasteiger partial charge in [-0.25, -0.2) is 9.37 Å². The number of halogens is 2. The summed E-state index contributed by atoms with van der Waals surface area (Å²) in [7, 11) is 0. The third-order valence-corrected chi connectivity index (χ3v) is 3.97. The van der Waals surface area contributed by atoms with Crippen molar-refractivity contribution in [1.82, 2.24) is 25.1 Å². The second-order valence-electron chi connectivity index (χ2n) is 5.69. The lowest BCUT2D eigenvalue weighted by Gasteiger charge is -2.13. The van der Waals surface area contributed by atoms with Crippen LogP contribution in [0.3, 0.4) is 0 Å². The first-order valence-corrected chi connectivity index (χ1v) is 8.08. The van der Waals surface area contributed by atoms with Gasteiger partial charge in [0, 0.05) is 17.8 Å². The van der Waals surface area contributed by atoms with Crippen LogP contribution in [0.1, 0.15) is 23.0 Å². The van der Waals surface area contributed by atoms with Crippen LogP contribution in [-0.2, 0) is 6.54 Å². The van der Waals surface area contributed by atoms with Crippen LogP contribution in [0.25, 0.3) is 11.3 Å². The van der Waals surface area contributed by atoms with E-state index < -0.39 is 5.82 Å². The zero-order valence-corrected chi connectivity index (χ0v) is 14.5. The highest BCUT2D eigenvalue weighted by molar-refractivity contribution is 6.32. The van der Waals surface area contributed by atoms with E-state index in [9.17, 15) is 9.18 Å². The Hall–Kier alpha value is -3.18. The summed E-state index contributed by atoms with van der Waals surface area (Å²) in [6.07, 6.45) is 4.59. The number of nitriles is 1. The molecule has 1 amide bonds. The van der Waals surface area contributed by atoms with Crippen LogP contribution in [-0.4, -0.2) is 31.7 Å². The fourth-order valence-electron chi connectivity index (χ4n) is 2.45. The maximum absolute atomic E-state index is 13.9. The molecule has 0 saturated carbocycles. The molecule has 0 aliphatic carbocycles. The van der Waals surface area contributed by atoms with Crippen LogP contribution >= 0.6 is 11.6 Å². The number of hydrogen-bond donors (Lipinski definition) is 2. The number of H-pyrrole nitrogens is 1. The predicted molar refractivity (Wildman–Crippen MR) is 92.9 cm³/mol. The number of carbonyl (C=O) groups excluding carboxylic acids is 1. The number of aromatic amines is 1. The first kappa shape index (κ1) is 17.6. The summed E-state index contributed by atoms with van der Waals surface area (Å²) in [6, 6.07) is 5.96. The molecule has 0 radical (unpaired) electrons. The highest BCUT2D eigenvalue weighted by Crippen LogP contribution is 2.26. The molecule has 0 bridgehead atoms. The number of carbonyl (C=O) groups is 1. The summed E-state index contributed by atoms with van der Waals surface area (Å²) >= 11 is 5.93. The Morgan fingerprint density at radius 1 is 1.54 bits per heavy atom. The van der Waals surface area contributed by atoms with Gasteiger partial charge in [0.2, 0.25) is 0 Å². The monoisotopic (exact) mass is 372 g/mol. The molecule has 0 aliphatic rings. The number of hydrogen-bond acceptors (Lipinski definition) is 4. The summed E-state index contributed by atoms with van der Waals surface area (Å²) in [6.45, 7) is 2.26. The lowest BCUT2D eigenvalue weighted by atomic mass is 10.1. The highest BCUT2D eigenvalue weighted by Gasteiger charge is 2.14. The van der Waals surface area contributed by atoms with Crippen molar-refractivity contribution in [3.63, 3.8) is 0 Å². The van der Waals surface area contributed by atoms with Gasteiger partial charge in [0.15, 0.2) is 0 Å². The molecule has 0 unspecified atom stereocenters. The molecule has 0 fully saturated rings. The van der Waals surface area contributed by atoms with E-state index in [1.165, 1.54) is 24.7 Å². The van der Waals surface area contributed by atoms with Crippen LogP contribution in [0, 0.1) is 17.1 Å². The quantitative estimate of drug-likeness (QED) is 0.719. The van der Waals surface area contributed by atoms with E-state index in [0.717, 1.165) is 0 Å². The third-order valence-electron chi connectivity index (χ3n) is 3.67. The summed E-state index contributed by atoms with van der Waals surface area (Å²) < 4.78 is 15.5. The van der Waals surface area contributed by atoms with Crippen molar-refractivity contribution in [3.05, 3.63) is 59.0 Å². The molecule has 3 aromatic rings. The number of nitrogens with zero attached hydrogens (tertiary/aromatic N) is 4. The Balaban J connectivity index is 1.70. The van der Waals surface area contributed by atoms with Gasteiger partial charge in [-0.3, -0.25) is 9.48 Å². The zero-order valence-electron chi connectivity index (χ0n) is 13.7. The second kappa shape index (κ2) is 7.37. The van der Waals surface area contributed by atoms with E-state index in [0.29, 0.717) is 23.5 Å². The second-order valence-corrected chi connectivity index (χ2v) is 6.10. The lowest BCUT2D eigenvalue weighted by molar-refractivity contribution is 0.0931. The zero-order chi connectivity index (χ0) is 18.7. The number of imidazole rings is 1. The molecule has 0 aliphatic heterocycles. The van der Waals surface area contributed by atoms with E-state index in [1.54, 1.807) is 23.0 Å². The summed E-state index contributed by atoms with van der Waals surface area (Å²) in [5.41, 5.74) is 1.17. The Morgan fingerprint density at radius 3 is 3.00 bits per heavy atom. The number of benzene rings is 1. The molecular weight excluding hydrogens is 359 g/mol. The maximum Gasteiger partial charge on any atom is 0.269 e. The number of rotatable bonds is 5. The van der Waals surface area contributed by atoms with Gasteiger partial charge in [-0.2, -0.15) is 10.4 Å². The first-order chi connectivity index (χ1) is 12.5. The van der Waals surface area contributed by atoms with E-state index >= 15 is 0 Å². The van der Waals surface area contributed by atoms with E-state index in [-0.39, 0.29) is 22.5 Å². The van der Waals surface area contributed by atoms with Gasteiger partial charge >= 0.3 is 0 Å². The topological polar surface area (TPSA) is 99.4 Å². The molecule has 26 heavy (non-hydrogen) atoms. The SMILES string of the molecule is C[C@@H](Cn1ccc(-c2cc(F)c(C#N)c(Cl)c2)n1)NC(=O)c1cnc[nH]1. The minimum absolute atomic E-state index is 0.0391. The van der Waals surface area contributed by atoms with Crippen molar-refractivity contribution in [2.45, 2.75) is 19.5 Å². The molecule has 1 aromatic carbocycles. The van der Waals surface area contributed by atoms with Crippen LogP contribution in [0.2, 0.25) is 5.02 Å². The third kappa shape index (κ3) is 3.73. The van der Waals surface area contributed by atoms with Crippen molar-refractivity contribution < 1.29 is 9.18 Å². The lowest BCUT2D eigenvalue weighted by Crippen LogP contribution is -2.36. The van der Waals surface area contributed by atoms with Crippen LogP contribution in [0.15, 0.2) is 36.9 Å². The first-order valence-electron chi connectivity index (χ1n) is 7.70. The molecule has 9 heteroatoms. The van der Waals surface area contributed by atoms with Gasteiger partial charge in [0.05, 0.1) is 29.8 Å². The normalized spacial score (nSPS) is 11.8. The smallest absolute Gasteiger partial charge is 0.269 e. The average Bonchev–Trinajstić information content (AvgIpc) is 3.26. The van der Waals surface area contributed by atoms with Crippen molar-refractivity contribution in [3.8, 4) is 17.3 Å². The molecule has 1 atom stereocenters. The van der Waals surface area contributed by atoms with Crippen LogP contribution < -0.4 is 5.32 Å². The van der Waals surface area contributed by atoms with Crippen LogP contribution in [0.4, 0.5) is 4.39 Å². The van der Waals surface area contributed by atoms with E-state index in [1.807, 2.05) is 6.92 Å². The highest BCUT2D eigenvalue weighted by atomic mass is 35.5. The van der Waals surface area contributed by atoms with E-state index in [4.69, 9.17) is 16.9 Å². The molecule has 2 N–H and O–H groups in total. The number of nitrogens with one attached hydrogen (secondary N) is 2. The number of amides is 1. The van der Waals surface area contributed by atoms with Gasteiger partial charge in [-0.05, 0) is 25.1 Å². The summed E-state index contributed by atoms with van der Waals surface area (Å²) in [5.74, 6) is -0.951. The van der Waals surface area contributed by atoms with Crippen molar-refractivity contribution in [2.75, 3.05) is 0 Å². The summed E-state index contributed by atoms with van der Waals surface area (Å²) in [5, 5.41) is 16.1. The minimum Gasteiger partial charge on any atom is -0.346 e. The fourth-order valence-corrected chi connectivity index (χ4v) is 2.70. The maximum atomic E-state index is 13.9. The van der Waals surface area contributed by atoms with Gasteiger partial charge in [-0.1, -0.05) is 11.6 Å². The molecule has 0 saturated heterocycles. The molecule has 2 aromatic heterocycles. The standard InChI is InChI=1S/C17H14ClFN6O/c1-10(23-17(26)16-7-21-9-22-16)8-25-3-2-15(24-25)11-4-13(18)12(6-20)14(19)5-11/h2-5,7,9-10H,8H2,1H3,(H,21,22)(H,23,26)/t10-/m0/s1. The van der Waals surface area contributed by atoms with Gasteiger partial charge in [0.1, 0.15) is 23.1 Å². The fraction of sp³-hybridized carbons (Fsp3) is 0.176. The van der Waals surface area contributed by atoms with Gasteiger partial charge in [-0.15, -0.1) is 0 Å². The Bertz CT molecular complexity index is 953. The van der Waals surface area contributed by atoms with Crippen molar-refractivity contribution in [2.24, 2.45) is 0 Å². The van der Waals surface area contributed by atoms with Crippen LogP contribution in [0.5, 0.6) is 0 Å². The summed E-state index contributed by atoms with van der Waals surface area (Å²) in [4.78, 5) is 18.5. The Morgan fingerprint density at radius 2 is 2.35 bits per heavy atom. The molecule has 132 valence electrons. The largest absolute Gasteiger partial charge is 0.346 e. The molecular formula is C17H14ClFN6O. The van der Waals surface area contributed by atoms with Crippen molar-refractivity contribution in [1.29, 1.82) is 5.26 Å².